The number of nitrogens with one attached hydrogen (secondary N) is 2. The lowest BCUT2D eigenvalue weighted by molar-refractivity contribution is -0.120. The van der Waals surface area contributed by atoms with Gasteiger partial charge in [-0.3, -0.25) is 4.79 Å². The number of hydrogen-bond acceptors (Lipinski definition) is 3. The van der Waals surface area contributed by atoms with Crippen LogP contribution in [0.4, 0.5) is 0 Å². The van der Waals surface area contributed by atoms with Crippen LogP contribution in [0.1, 0.15) is 38.1 Å². The lowest BCUT2D eigenvalue weighted by Gasteiger charge is -2.25. The summed E-state index contributed by atoms with van der Waals surface area (Å²) in [5.41, 5.74) is 1.30. The van der Waals surface area contributed by atoms with E-state index < -0.39 is 0 Å². The zero-order valence-corrected chi connectivity index (χ0v) is 12.8. The fourth-order valence-corrected chi connectivity index (χ4v) is 2.88. The van der Waals surface area contributed by atoms with Crippen LogP contribution in [0.3, 0.4) is 0 Å². The SMILES string of the molecule is Cc1ccsc1C(C)(C)CNC(=O)CNC(C)C. The van der Waals surface area contributed by atoms with E-state index in [1.54, 1.807) is 11.3 Å². The van der Waals surface area contributed by atoms with Crippen LogP contribution in [0.5, 0.6) is 0 Å². The maximum absolute atomic E-state index is 11.7. The van der Waals surface area contributed by atoms with Gasteiger partial charge < -0.3 is 10.6 Å². The Morgan fingerprint density at radius 3 is 2.61 bits per heavy atom. The summed E-state index contributed by atoms with van der Waals surface area (Å²) in [6.45, 7) is 11.6. The molecular weight excluding hydrogens is 244 g/mol. The maximum Gasteiger partial charge on any atom is 0.233 e. The molecule has 4 heteroatoms. The molecular formula is C14H24N2OS. The van der Waals surface area contributed by atoms with E-state index in [4.69, 9.17) is 0 Å². The predicted octanol–water partition coefficient (Wildman–Crippen LogP) is 2.45. The molecule has 1 aromatic heterocycles. The second kappa shape index (κ2) is 6.34. The van der Waals surface area contributed by atoms with Gasteiger partial charge in [-0.2, -0.15) is 0 Å². The van der Waals surface area contributed by atoms with Crippen molar-refractivity contribution in [2.75, 3.05) is 13.1 Å². The van der Waals surface area contributed by atoms with E-state index in [0.29, 0.717) is 19.1 Å². The number of carbonyl (C=O) groups is 1. The van der Waals surface area contributed by atoms with Crippen LogP contribution in [0.2, 0.25) is 0 Å². The Labute approximate surface area is 114 Å². The molecule has 0 bridgehead atoms. The van der Waals surface area contributed by atoms with Crippen LogP contribution in [0.25, 0.3) is 0 Å². The molecule has 18 heavy (non-hydrogen) atoms. The number of rotatable bonds is 6. The minimum atomic E-state index is -0.00819. The highest BCUT2D eigenvalue weighted by Crippen LogP contribution is 2.30. The second-order valence-electron chi connectivity index (χ2n) is 5.63. The largest absolute Gasteiger partial charge is 0.354 e. The highest BCUT2D eigenvalue weighted by atomic mass is 32.1. The summed E-state index contributed by atoms with van der Waals surface area (Å²) in [4.78, 5) is 13.0. The Balaban J connectivity index is 2.47. The van der Waals surface area contributed by atoms with Crippen molar-refractivity contribution in [1.29, 1.82) is 0 Å². The highest BCUT2D eigenvalue weighted by Gasteiger charge is 2.24. The summed E-state index contributed by atoms with van der Waals surface area (Å²) in [5, 5.41) is 8.22. The van der Waals surface area contributed by atoms with Crippen molar-refractivity contribution in [1.82, 2.24) is 10.6 Å². The van der Waals surface area contributed by atoms with Gasteiger partial charge in [0.25, 0.3) is 0 Å². The van der Waals surface area contributed by atoms with Crippen LogP contribution in [-0.4, -0.2) is 25.0 Å². The first-order valence-corrected chi connectivity index (χ1v) is 7.25. The number of thiophene rings is 1. The van der Waals surface area contributed by atoms with Crippen molar-refractivity contribution in [3.05, 3.63) is 21.9 Å². The molecule has 0 fully saturated rings. The third kappa shape index (κ3) is 4.42. The minimum Gasteiger partial charge on any atom is -0.354 e. The fraction of sp³-hybridized carbons (Fsp3) is 0.643. The van der Waals surface area contributed by atoms with Crippen LogP contribution in [-0.2, 0) is 10.2 Å². The van der Waals surface area contributed by atoms with Crippen LogP contribution < -0.4 is 10.6 Å². The molecule has 0 aliphatic heterocycles. The van der Waals surface area contributed by atoms with Gasteiger partial charge in [-0.1, -0.05) is 27.7 Å². The quantitative estimate of drug-likeness (QED) is 0.832. The number of hydrogen-bond donors (Lipinski definition) is 2. The van der Waals surface area contributed by atoms with E-state index >= 15 is 0 Å². The molecule has 0 radical (unpaired) electrons. The molecule has 0 unspecified atom stereocenters. The Morgan fingerprint density at radius 1 is 1.44 bits per heavy atom. The molecule has 0 aliphatic carbocycles. The van der Waals surface area contributed by atoms with Gasteiger partial charge in [-0.05, 0) is 23.9 Å². The second-order valence-corrected chi connectivity index (χ2v) is 6.55. The van der Waals surface area contributed by atoms with Crippen molar-refractivity contribution in [2.45, 2.75) is 46.1 Å². The Bertz CT molecular complexity index is 396. The summed E-state index contributed by atoms with van der Waals surface area (Å²) in [5.74, 6) is 0.0611. The third-order valence-electron chi connectivity index (χ3n) is 2.88. The van der Waals surface area contributed by atoms with Crippen molar-refractivity contribution in [2.24, 2.45) is 0 Å². The lowest BCUT2D eigenvalue weighted by atomic mass is 9.89. The van der Waals surface area contributed by atoms with E-state index in [1.165, 1.54) is 10.4 Å². The third-order valence-corrected chi connectivity index (χ3v) is 4.26. The molecule has 0 aliphatic rings. The molecule has 1 rings (SSSR count). The molecule has 1 amide bonds. The van der Waals surface area contributed by atoms with Crippen molar-refractivity contribution >= 4 is 17.2 Å². The number of amides is 1. The summed E-state index contributed by atoms with van der Waals surface area (Å²) in [6, 6.07) is 2.47. The number of carbonyl (C=O) groups excluding carboxylic acids is 1. The van der Waals surface area contributed by atoms with Gasteiger partial charge in [0, 0.05) is 22.9 Å². The van der Waals surface area contributed by atoms with Crippen molar-refractivity contribution < 1.29 is 4.79 Å². The average molecular weight is 268 g/mol. The van der Waals surface area contributed by atoms with E-state index in [-0.39, 0.29) is 11.3 Å². The lowest BCUT2D eigenvalue weighted by Crippen LogP contribution is -2.42. The molecule has 0 spiro atoms. The van der Waals surface area contributed by atoms with Gasteiger partial charge in [0.2, 0.25) is 5.91 Å². The maximum atomic E-state index is 11.7. The van der Waals surface area contributed by atoms with E-state index in [0.717, 1.165) is 0 Å². The highest BCUT2D eigenvalue weighted by molar-refractivity contribution is 7.10. The van der Waals surface area contributed by atoms with Crippen molar-refractivity contribution in [3.63, 3.8) is 0 Å². The molecule has 2 N–H and O–H groups in total. The van der Waals surface area contributed by atoms with Crippen molar-refractivity contribution in [3.8, 4) is 0 Å². The molecule has 102 valence electrons. The number of aryl methyl sites for hydroxylation is 1. The Morgan fingerprint density at radius 2 is 2.11 bits per heavy atom. The monoisotopic (exact) mass is 268 g/mol. The molecule has 0 atom stereocenters. The van der Waals surface area contributed by atoms with E-state index in [9.17, 15) is 4.79 Å². The van der Waals surface area contributed by atoms with E-state index in [1.807, 2.05) is 13.8 Å². The molecule has 1 aromatic rings. The summed E-state index contributed by atoms with van der Waals surface area (Å²) >= 11 is 1.76. The predicted molar refractivity (Wildman–Crippen MR) is 78.2 cm³/mol. The summed E-state index contributed by atoms with van der Waals surface area (Å²) < 4.78 is 0. The first-order chi connectivity index (χ1) is 8.33. The Kier molecular flexibility index (Phi) is 5.35. The zero-order chi connectivity index (χ0) is 13.8. The molecule has 0 saturated heterocycles. The smallest absolute Gasteiger partial charge is 0.233 e. The zero-order valence-electron chi connectivity index (χ0n) is 12.0. The van der Waals surface area contributed by atoms with E-state index in [2.05, 4.69) is 42.9 Å². The van der Waals surface area contributed by atoms with Crippen LogP contribution >= 0.6 is 11.3 Å². The normalized spacial score (nSPS) is 11.9. The van der Waals surface area contributed by atoms with Gasteiger partial charge in [0.1, 0.15) is 0 Å². The Hall–Kier alpha value is -0.870. The fourth-order valence-electron chi connectivity index (χ4n) is 1.83. The molecule has 0 aromatic carbocycles. The standard InChI is InChI=1S/C14H24N2OS/c1-10(2)15-8-12(17)16-9-14(4,5)13-11(3)6-7-18-13/h6-7,10,15H,8-9H2,1-5H3,(H,16,17). The average Bonchev–Trinajstić information content (AvgIpc) is 2.71. The van der Waals surface area contributed by atoms with Gasteiger partial charge in [-0.25, -0.2) is 0 Å². The summed E-state index contributed by atoms with van der Waals surface area (Å²) in [7, 11) is 0. The van der Waals surface area contributed by atoms with Gasteiger partial charge in [0.05, 0.1) is 6.54 Å². The molecule has 0 saturated carbocycles. The topological polar surface area (TPSA) is 41.1 Å². The molecule has 3 nitrogen and oxygen atoms in total. The van der Waals surface area contributed by atoms with Gasteiger partial charge in [0.15, 0.2) is 0 Å². The van der Waals surface area contributed by atoms with Crippen LogP contribution in [0.15, 0.2) is 11.4 Å². The van der Waals surface area contributed by atoms with Gasteiger partial charge >= 0.3 is 0 Å². The minimum absolute atomic E-state index is 0.00819. The molecule has 1 heterocycles. The first-order valence-electron chi connectivity index (χ1n) is 6.37. The first kappa shape index (κ1) is 15.2. The van der Waals surface area contributed by atoms with Gasteiger partial charge in [-0.15, -0.1) is 11.3 Å². The van der Waals surface area contributed by atoms with Crippen LogP contribution in [0, 0.1) is 6.92 Å². The summed E-state index contributed by atoms with van der Waals surface area (Å²) in [6.07, 6.45) is 0.